The highest BCUT2D eigenvalue weighted by atomic mass is 35.5. The Morgan fingerprint density at radius 1 is 1.33 bits per heavy atom. The van der Waals surface area contributed by atoms with Crippen LogP contribution in [-0.4, -0.2) is 12.1 Å². The molecule has 94 valence electrons. The highest BCUT2D eigenvalue weighted by molar-refractivity contribution is 6.30. The SMILES string of the molecule is O=C(N/N=C\[C@@H]1CC=CCC1)c1ccc(Cl)cc1. The Balaban J connectivity index is 1.86. The largest absolute Gasteiger partial charge is 0.271 e. The van der Waals surface area contributed by atoms with E-state index < -0.39 is 0 Å². The molecule has 18 heavy (non-hydrogen) atoms. The molecule has 1 aromatic carbocycles. The van der Waals surface area contributed by atoms with Gasteiger partial charge in [0.1, 0.15) is 0 Å². The van der Waals surface area contributed by atoms with Gasteiger partial charge in [0.05, 0.1) is 0 Å². The maximum Gasteiger partial charge on any atom is 0.271 e. The lowest BCUT2D eigenvalue weighted by molar-refractivity contribution is 0.0955. The van der Waals surface area contributed by atoms with Crippen molar-refractivity contribution in [2.24, 2.45) is 11.0 Å². The van der Waals surface area contributed by atoms with E-state index in [0.29, 0.717) is 16.5 Å². The maximum atomic E-state index is 11.7. The molecule has 2 rings (SSSR count). The third-order valence-corrected chi connectivity index (χ3v) is 3.12. The van der Waals surface area contributed by atoms with Gasteiger partial charge in [0.2, 0.25) is 0 Å². The molecule has 0 radical (unpaired) electrons. The first-order valence-corrected chi connectivity index (χ1v) is 6.37. The topological polar surface area (TPSA) is 41.5 Å². The van der Waals surface area contributed by atoms with E-state index in [1.165, 1.54) is 0 Å². The number of hydrazone groups is 1. The minimum absolute atomic E-state index is 0.214. The quantitative estimate of drug-likeness (QED) is 0.506. The third kappa shape index (κ3) is 3.70. The van der Waals surface area contributed by atoms with Crippen molar-refractivity contribution >= 4 is 23.7 Å². The van der Waals surface area contributed by atoms with Gasteiger partial charge < -0.3 is 0 Å². The van der Waals surface area contributed by atoms with Crippen molar-refractivity contribution in [1.29, 1.82) is 0 Å². The molecule has 0 spiro atoms. The summed E-state index contributed by atoms with van der Waals surface area (Å²) in [6, 6.07) is 6.73. The Kier molecular flexibility index (Phi) is 4.53. The molecule has 0 heterocycles. The van der Waals surface area contributed by atoms with Gasteiger partial charge in [-0.25, -0.2) is 5.43 Å². The van der Waals surface area contributed by atoms with E-state index in [0.717, 1.165) is 19.3 Å². The molecule has 1 atom stereocenters. The van der Waals surface area contributed by atoms with Crippen molar-refractivity contribution in [3.63, 3.8) is 0 Å². The van der Waals surface area contributed by atoms with Crippen molar-refractivity contribution in [2.75, 3.05) is 0 Å². The van der Waals surface area contributed by atoms with Crippen molar-refractivity contribution in [2.45, 2.75) is 19.3 Å². The fourth-order valence-corrected chi connectivity index (χ4v) is 1.95. The molecule has 0 aliphatic heterocycles. The van der Waals surface area contributed by atoms with Crippen LogP contribution in [0.5, 0.6) is 0 Å². The van der Waals surface area contributed by atoms with Crippen LogP contribution >= 0.6 is 11.6 Å². The third-order valence-electron chi connectivity index (χ3n) is 2.87. The first kappa shape index (κ1) is 12.8. The summed E-state index contributed by atoms with van der Waals surface area (Å²) < 4.78 is 0. The average Bonchev–Trinajstić information content (AvgIpc) is 2.40. The lowest BCUT2D eigenvalue weighted by Gasteiger charge is -2.11. The number of rotatable bonds is 3. The molecule has 1 amide bonds. The number of amides is 1. The zero-order valence-electron chi connectivity index (χ0n) is 9.97. The van der Waals surface area contributed by atoms with Crippen LogP contribution in [0.15, 0.2) is 41.5 Å². The molecule has 0 fully saturated rings. The van der Waals surface area contributed by atoms with Gasteiger partial charge in [0.15, 0.2) is 0 Å². The standard InChI is InChI=1S/C14H15ClN2O/c15-13-8-6-12(7-9-13)14(18)17-16-10-11-4-2-1-3-5-11/h1-2,6-11H,3-5H2,(H,17,18)/b16-10-/t11-/m1/s1. The van der Waals surface area contributed by atoms with Crippen LogP contribution in [0.3, 0.4) is 0 Å². The van der Waals surface area contributed by atoms with Gasteiger partial charge >= 0.3 is 0 Å². The lowest BCUT2D eigenvalue weighted by atomic mass is 9.96. The summed E-state index contributed by atoms with van der Waals surface area (Å²) >= 11 is 5.75. The number of halogens is 1. The van der Waals surface area contributed by atoms with Crippen LogP contribution in [0.1, 0.15) is 29.6 Å². The van der Waals surface area contributed by atoms with E-state index in [1.807, 2.05) is 6.21 Å². The Hall–Kier alpha value is -1.61. The van der Waals surface area contributed by atoms with E-state index in [4.69, 9.17) is 11.6 Å². The summed E-state index contributed by atoms with van der Waals surface area (Å²) in [5.41, 5.74) is 3.08. The zero-order valence-corrected chi connectivity index (χ0v) is 10.7. The minimum atomic E-state index is -0.214. The normalized spacial score (nSPS) is 19.1. The Bertz CT molecular complexity index is 465. The van der Waals surface area contributed by atoms with Crippen molar-refractivity contribution in [1.82, 2.24) is 5.43 Å². The molecule has 1 aliphatic carbocycles. The van der Waals surface area contributed by atoms with Gasteiger partial charge in [-0.15, -0.1) is 0 Å². The minimum Gasteiger partial charge on any atom is -0.267 e. The maximum absolute atomic E-state index is 11.7. The Morgan fingerprint density at radius 3 is 2.78 bits per heavy atom. The van der Waals surface area contributed by atoms with Crippen LogP contribution in [0, 0.1) is 5.92 Å². The van der Waals surface area contributed by atoms with Crippen molar-refractivity contribution in [3.05, 3.63) is 47.0 Å². The van der Waals surface area contributed by atoms with Crippen LogP contribution in [-0.2, 0) is 0 Å². The number of hydrogen-bond donors (Lipinski definition) is 1. The van der Waals surface area contributed by atoms with Crippen molar-refractivity contribution in [3.8, 4) is 0 Å². The number of carbonyl (C=O) groups excluding carboxylic acids is 1. The number of benzene rings is 1. The fraction of sp³-hybridized carbons (Fsp3) is 0.286. The van der Waals surface area contributed by atoms with Gasteiger partial charge in [-0.2, -0.15) is 5.10 Å². The van der Waals surface area contributed by atoms with Gasteiger partial charge in [0.25, 0.3) is 5.91 Å². The molecule has 3 nitrogen and oxygen atoms in total. The molecule has 1 N–H and O–H groups in total. The smallest absolute Gasteiger partial charge is 0.267 e. The van der Waals surface area contributed by atoms with Crippen LogP contribution in [0.4, 0.5) is 0 Å². The van der Waals surface area contributed by atoms with Crippen molar-refractivity contribution < 1.29 is 4.79 Å². The predicted molar refractivity (Wildman–Crippen MR) is 73.9 cm³/mol. The fourth-order valence-electron chi connectivity index (χ4n) is 1.82. The number of allylic oxidation sites excluding steroid dienone is 2. The van der Waals surface area contributed by atoms with E-state index in [9.17, 15) is 4.79 Å². The van der Waals surface area contributed by atoms with Gasteiger partial charge in [-0.05, 0) is 49.4 Å². The zero-order chi connectivity index (χ0) is 12.8. The number of carbonyl (C=O) groups is 1. The highest BCUT2D eigenvalue weighted by Gasteiger charge is 2.07. The summed E-state index contributed by atoms with van der Waals surface area (Å²) in [5, 5.41) is 4.62. The van der Waals surface area contributed by atoms with E-state index in [2.05, 4.69) is 22.7 Å². The van der Waals surface area contributed by atoms with Gasteiger partial charge in [-0.1, -0.05) is 23.8 Å². The molecule has 1 aliphatic rings. The molecule has 0 unspecified atom stereocenters. The second-order valence-corrected chi connectivity index (χ2v) is 4.71. The predicted octanol–water partition coefficient (Wildman–Crippen LogP) is 3.41. The molecular formula is C14H15ClN2O. The Morgan fingerprint density at radius 2 is 2.11 bits per heavy atom. The molecule has 0 bridgehead atoms. The first-order chi connectivity index (χ1) is 8.75. The lowest BCUT2D eigenvalue weighted by Crippen LogP contribution is -2.18. The average molecular weight is 263 g/mol. The monoisotopic (exact) mass is 262 g/mol. The number of hydrogen-bond acceptors (Lipinski definition) is 2. The molecule has 4 heteroatoms. The van der Waals surface area contributed by atoms with E-state index in [1.54, 1.807) is 24.3 Å². The summed E-state index contributed by atoms with van der Waals surface area (Å²) in [5.74, 6) is 0.217. The van der Waals surface area contributed by atoms with Gasteiger partial charge in [-0.3, -0.25) is 4.79 Å². The number of nitrogens with zero attached hydrogens (tertiary/aromatic N) is 1. The molecule has 0 saturated carbocycles. The highest BCUT2D eigenvalue weighted by Crippen LogP contribution is 2.15. The Labute approximate surface area is 112 Å². The molecule has 0 saturated heterocycles. The summed E-state index contributed by atoms with van der Waals surface area (Å²) in [4.78, 5) is 11.7. The summed E-state index contributed by atoms with van der Waals surface area (Å²) in [6.07, 6.45) is 9.33. The molecule has 1 aromatic rings. The first-order valence-electron chi connectivity index (χ1n) is 6.00. The van der Waals surface area contributed by atoms with Crippen LogP contribution < -0.4 is 5.43 Å². The summed E-state index contributed by atoms with van der Waals surface area (Å²) in [7, 11) is 0. The van der Waals surface area contributed by atoms with E-state index >= 15 is 0 Å². The summed E-state index contributed by atoms with van der Waals surface area (Å²) in [6.45, 7) is 0. The van der Waals surface area contributed by atoms with Crippen LogP contribution in [0.2, 0.25) is 5.02 Å². The van der Waals surface area contributed by atoms with E-state index in [-0.39, 0.29) is 5.91 Å². The second kappa shape index (κ2) is 6.36. The second-order valence-electron chi connectivity index (χ2n) is 4.27. The molecule has 0 aromatic heterocycles. The number of nitrogens with one attached hydrogen (secondary N) is 1. The molecular weight excluding hydrogens is 248 g/mol. The van der Waals surface area contributed by atoms with Gasteiger partial charge in [0, 0.05) is 16.8 Å². The van der Waals surface area contributed by atoms with Crippen LogP contribution in [0.25, 0.3) is 0 Å².